The molecule has 1 aliphatic heterocycles. The Morgan fingerprint density at radius 2 is 1.81 bits per heavy atom. The molecular formula is C25H22N6. The lowest BCUT2D eigenvalue weighted by molar-refractivity contribution is 0.202. The quantitative estimate of drug-likeness (QED) is 0.461. The molecule has 0 aliphatic carbocycles. The second kappa shape index (κ2) is 7.49. The summed E-state index contributed by atoms with van der Waals surface area (Å²) in [7, 11) is 0. The highest BCUT2D eigenvalue weighted by Gasteiger charge is 2.31. The number of hydrogen-bond acceptors (Lipinski definition) is 4. The van der Waals surface area contributed by atoms with Crippen molar-refractivity contribution in [2.24, 2.45) is 0 Å². The highest BCUT2D eigenvalue weighted by molar-refractivity contribution is 5.85. The molecule has 0 radical (unpaired) electrons. The number of nitrogens with zero attached hydrogens (tertiary/aromatic N) is 4. The van der Waals surface area contributed by atoms with Crippen LogP contribution < -0.4 is 0 Å². The SMILES string of the molecule is c1ccc(C2c3[nH]c4ccccc4c3CCN2Cc2cccc(-c3nn[nH]n3)c2)cc1. The Hall–Kier alpha value is -3.77. The molecule has 0 amide bonds. The van der Waals surface area contributed by atoms with Crippen LogP contribution in [0.3, 0.4) is 0 Å². The van der Waals surface area contributed by atoms with Crippen molar-refractivity contribution in [3.05, 3.63) is 101 Å². The molecule has 152 valence electrons. The van der Waals surface area contributed by atoms with Gasteiger partial charge in [-0.25, -0.2) is 0 Å². The molecule has 0 bridgehead atoms. The molecule has 2 aromatic heterocycles. The van der Waals surface area contributed by atoms with E-state index in [-0.39, 0.29) is 6.04 Å². The molecular weight excluding hydrogens is 384 g/mol. The van der Waals surface area contributed by atoms with Crippen LogP contribution in [0.15, 0.2) is 78.9 Å². The summed E-state index contributed by atoms with van der Waals surface area (Å²) in [6, 6.07) is 28.0. The Kier molecular flexibility index (Phi) is 4.35. The summed E-state index contributed by atoms with van der Waals surface area (Å²) >= 11 is 0. The average Bonchev–Trinajstić information content (AvgIpc) is 3.48. The van der Waals surface area contributed by atoms with E-state index in [2.05, 4.69) is 103 Å². The third kappa shape index (κ3) is 3.21. The van der Waals surface area contributed by atoms with Crippen molar-refractivity contribution < 1.29 is 0 Å². The molecule has 1 atom stereocenters. The fourth-order valence-electron chi connectivity index (χ4n) is 4.80. The first-order chi connectivity index (χ1) is 15.4. The molecule has 6 rings (SSSR count). The Morgan fingerprint density at radius 1 is 0.935 bits per heavy atom. The van der Waals surface area contributed by atoms with E-state index >= 15 is 0 Å². The molecule has 3 heterocycles. The number of benzene rings is 3. The number of H-pyrrole nitrogens is 2. The van der Waals surface area contributed by atoms with Gasteiger partial charge in [0.05, 0.1) is 6.04 Å². The zero-order chi connectivity index (χ0) is 20.6. The molecule has 0 saturated heterocycles. The number of aromatic nitrogens is 5. The molecule has 1 aliphatic rings. The smallest absolute Gasteiger partial charge is 0.204 e. The van der Waals surface area contributed by atoms with E-state index in [4.69, 9.17) is 0 Å². The van der Waals surface area contributed by atoms with Crippen LogP contribution in [0.5, 0.6) is 0 Å². The topological polar surface area (TPSA) is 73.5 Å². The van der Waals surface area contributed by atoms with Gasteiger partial charge in [-0.1, -0.05) is 66.7 Å². The Labute approximate surface area is 179 Å². The van der Waals surface area contributed by atoms with Gasteiger partial charge in [0, 0.05) is 35.2 Å². The third-order valence-electron chi connectivity index (χ3n) is 6.17. The van der Waals surface area contributed by atoms with Crippen molar-refractivity contribution in [3.63, 3.8) is 0 Å². The fraction of sp³-hybridized carbons (Fsp3) is 0.160. The van der Waals surface area contributed by atoms with E-state index in [1.54, 1.807) is 0 Å². The highest BCUT2D eigenvalue weighted by Crippen LogP contribution is 2.39. The van der Waals surface area contributed by atoms with Gasteiger partial charge in [0.1, 0.15) is 0 Å². The van der Waals surface area contributed by atoms with Crippen molar-refractivity contribution >= 4 is 10.9 Å². The minimum absolute atomic E-state index is 0.186. The van der Waals surface area contributed by atoms with Crippen LogP contribution in [0, 0.1) is 0 Å². The first kappa shape index (κ1) is 18.0. The lowest BCUT2D eigenvalue weighted by atomic mass is 9.92. The minimum Gasteiger partial charge on any atom is -0.357 e. The van der Waals surface area contributed by atoms with E-state index in [9.17, 15) is 0 Å². The lowest BCUT2D eigenvalue weighted by Crippen LogP contribution is -2.35. The zero-order valence-corrected chi connectivity index (χ0v) is 17.0. The van der Waals surface area contributed by atoms with E-state index in [0.29, 0.717) is 5.82 Å². The van der Waals surface area contributed by atoms with Gasteiger partial charge in [-0.15, -0.1) is 10.2 Å². The summed E-state index contributed by atoms with van der Waals surface area (Å²) in [5.41, 5.74) is 7.50. The minimum atomic E-state index is 0.186. The van der Waals surface area contributed by atoms with Crippen LogP contribution in [0.1, 0.15) is 28.4 Å². The van der Waals surface area contributed by atoms with Crippen LogP contribution in [0.25, 0.3) is 22.3 Å². The van der Waals surface area contributed by atoms with E-state index < -0.39 is 0 Å². The maximum Gasteiger partial charge on any atom is 0.204 e. The van der Waals surface area contributed by atoms with Gasteiger partial charge >= 0.3 is 0 Å². The van der Waals surface area contributed by atoms with Crippen LogP contribution in [-0.4, -0.2) is 37.1 Å². The number of fused-ring (bicyclic) bond motifs is 3. The number of para-hydroxylation sites is 1. The summed E-state index contributed by atoms with van der Waals surface area (Å²) < 4.78 is 0. The normalized spacial score (nSPS) is 16.5. The molecule has 3 aromatic carbocycles. The molecule has 6 heteroatoms. The predicted octanol–water partition coefficient (Wildman–Crippen LogP) is 4.50. The summed E-state index contributed by atoms with van der Waals surface area (Å²) in [6.45, 7) is 1.85. The predicted molar refractivity (Wildman–Crippen MR) is 120 cm³/mol. The van der Waals surface area contributed by atoms with Gasteiger partial charge < -0.3 is 4.98 Å². The van der Waals surface area contributed by atoms with Crippen LogP contribution >= 0.6 is 0 Å². The Bertz CT molecular complexity index is 1320. The fourth-order valence-corrected chi connectivity index (χ4v) is 4.80. The third-order valence-corrected chi connectivity index (χ3v) is 6.17. The summed E-state index contributed by atoms with van der Waals surface area (Å²) in [5.74, 6) is 0.623. The van der Waals surface area contributed by atoms with Crippen molar-refractivity contribution in [1.29, 1.82) is 0 Å². The van der Waals surface area contributed by atoms with Crippen molar-refractivity contribution in [1.82, 2.24) is 30.5 Å². The number of aromatic amines is 2. The average molecular weight is 406 g/mol. The number of tetrazole rings is 1. The van der Waals surface area contributed by atoms with Gasteiger partial charge in [0.25, 0.3) is 0 Å². The standard InChI is InChI=1S/C25H22N6/c1-2-8-18(9-3-1)24-23-21(20-11-4-5-12-22(20)26-23)13-14-31(24)16-17-7-6-10-19(15-17)25-27-29-30-28-25/h1-12,15,24,26H,13-14,16H2,(H,27,28,29,30). The summed E-state index contributed by atoms with van der Waals surface area (Å²) in [4.78, 5) is 6.30. The monoisotopic (exact) mass is 406 g/mol. The Balaban J connectivity index is 1.41. The van der Waals surface area contributed by atoms with E-state index in [0.717, 1.165) is 25.1 Å². The first-order valence-corrected chi connectivity index (χ1v) is 10.6. The van der Waals surface area contributed by atoms with Crippen molar-refractivity contribution in [2.75, 3.05) is 6.54 Å². The Morgan fingerprint density at radius 3 is 2.68 bits per heavy atom. The second-order valence-corrected chi connectivity index (χ2v) is 8.03. The molecule has 1 unspecified atom stereocenters. The zero-order valence-electron chi connectivity index (χ0n) is 17.0. The highest BCUT2D eigenvalue weighted by atomic mass is 15.5. The van der Waals surface area contributed by atoms with Crippen LogP contribution in [-0.2, 0) is 13.0 Å². The summed E-state index contributed by atoms with van der Waals surface area (Å²) in [6.07, 6.45) is 1.03. The summed E-state index contributed by atoms with van der Waals surface area (Å²) in [5, 5.41) is 15.8. The molecule has 0 spiro atoms. The van der Waals surface area contributed by atoms with E-state index in [1.807, 2.05) is 6.07 Å². The largest absolute Gasteiger partial charge is 0.357 e. The number of rotatable bonds is 4. The molecule has 6 nitrogen and oxygen atoms in total. The van der Waals surface area contributed by atoms with Crippen LogP contribution in [0.4, 0.5) is 0 Å². The molecule has 2 N–H and O–H groups in total. The van der Waals surface area contributed by atoms with Crippen molar-refractivity contribution in [3.8, 4) is 11.4 Å². The number of hydrogen-bond donors (Lipinski definition) is 2. The van der Waals surface area contributed by atoms with Gasteiger partial charge in [-0.05, 0) is 40.5 Å². The van der Waals surface area contributed by atoms with Crippen LogP contribution in [0.2, 0.25) is 0 Å². The van der Waals surface area contributed by atoms with Gasteiger partial charge in [-0.2, -0.15) is 5.21 Å². The van der Waals surface area contributed by atoms with Gasteiger partial charge in [0.15, 0.2) is 0 Å². The van der Waals surface area contributed by atoms with Gasteiger partial charge in [0.2, 0.25) is 5.82 Å². The first-order valence-electron chi connectivity index (χ1n) is 10.6. The molecule has 31 heavy (non-hydrogen) atoms. The second-order valence-electron chi connectivity index (χ2n) is 8.03. The maximum atomic E-state index is 4.13. The lowest BCUT2D eigenvalue weighted by Gasteiger charge is -2.36. The molecule has 0 saturated carbocycles. The molecule has 0 fully saturated rings. The number of nitrogens with one attached hydrogen (secondary N) is 2. The van der Waals surface area contributed by atoms with E-state index in [1.165, 1.54) is 33.3 Å². The van der Waals surface area contributed by atoms with Gasteiger partial charge in [-0.3, -0.25) is 4.90 Å². The molecule has 5 aromatic rings. The van der Waals surface area contributed by atoms with Crippen molar-refractivity contribution in [2.45, 2.75) is 19.0 Å². The maximum absolute atomic E-state index is 4.13.